The first-order chi connectivity index (χ1) is 8.68. The van der Waals surface area contributed by atoms with E-state index >= 15 is 0 Å². The van der Waals surface area contributed by atoms with E-state index in [0.717, 1.165) is 6.54 Å². The molecular formula is C14H22ClNO2S. The Bertz CT molecular complexity index is 520. The van der Waals surface area contributed by atoms with Gasteiger partial charge in [-0.25, -0.2) is 8.42 Å². The van der Waals surface area contributed by atoms with Gasteiger partial charge in [0.2, 0.25) is 0 Å². The molecule has 108 valence electrons. The average Bonchev–Trinajstić information content (AvgIpc) is 2.27. The smallest absolute Gasteiger partial charge is 0.181 e. The van der Waals surface area contributed by atoms with Crippen LogP contribution in [0.25, 0.3) is 0 Å². The lowest BCUT2D eigenvalue weighted by Gasteiger charge is -2.31. The highest BCUT2D eigenvalue weighted by molar-refractivity contribution is 7.91. The van der Waals surface area contributed by atoms with Crippen molar-refractivity contribution in [1.29, 1.82) is 0 Å². The van der Waals surface area contributed by atoms with Crippen LogP contribution < -0.4 is 5.32 Å². The number of hydrogen-bond acceptors (Lipinski definition) is 3. The highest BCUT2D eigenvalue weighted by Crippen LogP contribution is 2.26. The Morgan fingerprint density at radius 2 is 1.84 bits per heavy atom. The van der Waals surface area contributed by atoms with E-state index in [-0.39, 0.29) is 27.1 Å². The van der Waals surface area contributed by atoms with E-state index in [0.29, 0.717) is 0 Å². The first kappa shape index (κ1) is 16.5. The first-order valence-electron chi connectivity index (χ1n) is 6.39. The van der Waals surface area contributed by atoms with Crippen molar-refractivity contribution >= 4 is 21.4 Å². The summed E-state index contributed by atoms with van der Waals surface area (Å²) in [5.74, 6) is 0.0497. The minimum Gasteiger partial charge on any atom is -0.313 e. The Balaban J connectivity index is 3.05. The molecule has 1 unspecified atom stereocenters. The van der Waals surface area contributed by atoms with Gasteiger partial charge in [-0.3, -0.25) is 0 Å². The summed E-state index contributed by atoms with van der Waals surface area (Å²) >= 11 is 5.98. The molecule has 0 aliphatic carbocycles. The van der Waals surface area contributed by atoms with E-state index in [4.69, 9.17) is 11.6 Å². The van der Waals surface area contributed by atoms with Crippen molar-refractivity contribution in [3.63, 3.8) is 0 Å². The van der Waals surface area contributed by atoms with Crippen LogP contribution in [0.5, 0.6) is 0 Å². The zero-order valence-electron chi connectivity index (χ0n) is 11.9. The molecule has 0 saturated carbocycles. The molecule has 19 heavy (non-hydrogen) atoms. The van der Waals surface area contributed by atoms with Crippen LogP contribution in [0.2, 0.25) is 5.02 Å². The third-order valence-corrected chi connectivity index (χ3v) is 5.29. The lowest BCUT2D eigenvalue weighted by atomic mass is 9.88. The van der Waals surface area contributed by atoms with E-state index in [2.05, 4.69) is 5.32 Å². The quantitative estimate of drug-likeness (QED) is 0.909. The van der Waals surface area contributed by atoms with Crippen LogP contribution >= 0.6 is 11.6 Å². The molecule has 1 aromatic rings. The van der Waals surface area contributed by atoms with E-state index in [1.54, 1.807) is 24.3 Å². The summed E-state index contributed by atoms with van der Waals surface area (Å²) in [5.41, 5.74) is -0.135. The maximum absolute atomic E-state index is 12.5. The van der Waals surface area contributed by atoms with Crippen LogP contribution in [0.1, 0.15) is 27.7 Å². The molecule has 0 aromatic heterocycles. The zero-order chi connectivity index (χ0) is 14.7. The maximum Gasteiger partial charge on any atom is 0.181 e. The minimum absolute atomic E-state index is 0.0497. The molecule has 0 spiro atoms. The van der Waals surface area contributed by atoms with Crippen molar-refractivity contribution in [3.8, 4) is 0 Å². The van der Waals surface area contributed by atoms with Crippen LogP contribution in [0.3, 0.4) is 0 Å². The normalized spacial score (nSPS) is 14.4. The Morgan fingerprint density at radius 3 is 2.32 bits per heavy atom. The van der Waals surface area contributed by atoms with Crippen molar-refractivity contribution in [2.45, 2.75) is 38.6 Å². The van der Waals surface area contributed by atoms with Crippen molar-refractivity contribution in [1.82, 2.24) is 5.32 Å². The summed E-state index contributed by atoms with van der Waals surface area (Å²) in [7, 11) is -3.39. The average molecular weight is 304 g/mol. The van der Waals surface area contributed by atoms with Crippen LogP contribution in [0.4, 0.5) is 0 Å². The maximum atomic E-state index is 12.5. The SMILES string of the molecule is CCNC(CS(=O)(=O)c1ccccc1Cl)C(C)(C)C. The Kier molecular flexibility index (Phi) is 5.42. The van der Waals surface area contributed by atoms with Gasteiger partial charge in [-0.1, -0.05) is 51.4 Å². The topological polar surface area (TPSA) is 46.2 Å². The van der Waals surface area contributed by atoms with Crippen LogP contribution in [-0.4, -0.2) is 26.8 Å². The van der Waals surface area contributed by atoms with E-state index in [1.165, 1.54) is 0 Å². The summed E-state index contributed by atoms with van der Waals surface area (Å²) in [4.78, 5) is 0.212. The fraction of sp³-hybridized carbons (Fsp3) is 0.571. The third-order valence-electron chi connectivity index (χ3n) is 3.05. The molecule has 0 radical (unpaired) electrons. The monoisotopic (exact) mass is 303 g/mol. The van der Waals surface area contributed by atoms with E-state index in [1.807, 2.05) is 27.7 Å². The van der Waals surface area contributed by atoms with Crippen LogP contribution in [0, 0.1) is 5.41 Å². The van der Waals surface area contributed by atoms with Gasteiger partial charge in [0.05, 0.1) is 15.7 Å². The van der Waals surface area contributed by atoms with Gasteiger partial charge >= 0.3 is 0 Å². The molecule has 0 aliphatic heterocycles. The molecule has 5 heteroatoms. The molecule has 0 aliphatic rings. The number of halogens is 1. The second kappa shape index (κ2) is 6.25. The number of hydrogen-bond donors (Lipinski definition) is 1. The van der Waals surface area contributed by atoms with Gasteiger partial charge in [0.15, 0.2) is 9.84 Å². The largest absolute Gasteiger partial charge is 0.313 e. The highest BCUT2D eigenvalue weighted by atomic mass is 35.5. The van der Waals surface area contributed by atoms with Gasteiger partial charge < -0.3 is 5.32 Å². The second-order valence-electron chi connectivity index (χ2n) is 5.69. The molecule has 0 bridgehead atoms. The summed E-state index contributed by atoms with van der Waals surface area (Å²) in [6.07, 6.45) is 0. The number of nitrogens with one attached hydrogen (secondary N) is 1. The summed E-state index contributed by atoms with van der Waals surface area (Å²) in [5, 5.41) is 3.53. The molecule has 1 rings (SSSR count). The van der Waals surface area contributed by atoms with Gasteiger partial charge in [-0.15, -0.1) is 0 Å². The molecule has 0 heterocycles. The lowest BCUT2D eigenvalue weighted by molar-refractivity contribution is 0.292. The Labute approximate surface area is 121 Å². The van der Waals surface area contributed by atoms with Gasteiger partial charge in [-0.2, -0.15) is 0 Å². The van der Waals surface area contributed by atoms with Crippen molar-refractivity contribution in [2.24, 2.45) is 5.41 Å². The summed E-state index contributed by atoms with van der Waals surface area (Å²) in [6.45, 7) is 8.80. The van der Waals surface area contributed by atoms with Crippen LogP contribution in [-0.2, 0) is 9.84 Å². The Hall–Kier alpha value is -0.580. The molecule has 0 saturated heterocycles. The lowest BCUT2D eigenvalue weighted by Crippen LogP contribution is -2.45. The fourth-order valence-electron chi connectivity index (χ4n) is 1.87. The second-order valence-corrected chi connectivity index (χ2v) is 8.10. The van der Waals surface area contributed by atoms with Crippen LogP contribution in [0.15, 0.2) is 29.2 Å². The molecule has 3 nitrogen and oxygen atoms in total. The number of rotatable bonds is 5. The number of sulfone groups is 1. The minimum atomic E-state index is -3.39. The van der Waals surface area contributed by atoms with E-state index < -0.39 is 9.84 Å². The summed E-state index contributed by atoms with van der Waals surface area (Å²) in [6, 6.07) is 6.47. The van der Waals surface area contributed by atoms with Gasteiger partial charge in [0.1, 0.15) is 0 Å². The molecule has 1 N–H and O–H groups in total. The van der Waals surface area contributed by atoms with Crippen molar-refractivity contribution in [2.75, 3.05) is 12.3 Å². The van der Waals surface area contributed by atoms with Crippen molar-refractivity contribution < 1.29 is 8.42 Å². The molecular weight excluding hydrogens is 282 g/mol. The predicted molar refractivity (Wildman–Crippen MR) is 80.4 cm³/mol. The fourth-order valence-corrected chi connectivity index (χ4v) is 4.24. The Morgan fingerprint density at radius 1 is 1.26 bits per heavy atom. The van der Waals surface area contributed by atoms with Crippen molar-refractivity contribution in [3.05, 3.63) is 29.3 Å². The molecule has 0 fully saturated rings. The first-order valence-corrected chi connectivity index (χ1v) is 8.42. The van der Waals surface area contributed by atoms with Gasteiger partial charge in [0.25, 0.3) is 0 Å². The molecule has 1 atom stereocenters. The van der Waals surface area contributed by atoms with Gasteiger partial charge in [0, 0.05) is 6.04 Å². The van der Waals surface area contributed by atoms with E-state index in [9.17, 15) is 8.42 Å². The summed E-state index contributed by atoms with van der Waals surface area (Å²) < 4.78 is 24.9. The number of benzene rings is 1. The third kappa shape index (κ3) is 4.48. The zero-order valence-corrected chi connectivity index (χ0v) is 13.5. The molecule has 0 amide bonds. The predicted octanol–water partition coefficient (Wildman–Crippen LogP) is 3.14. The highest BCUT2D eigenvalue weighted by Gasteiger charge is 2.30. The standard InChI is InChI=1S/C14H22ClNO2S/c1-5-16-13(14(2,3)4)10-19(17,18)12-9-7-6-8-11(12)15/h6-9,13,16H,5,10H2,1-4H3. The molecule has 1 aromatic carbocycles. The van der Waals surface area contributed by atoms with Gasteiger partial charge in [-0.05, 0) is 24.1 Å².